The zero-order valence-corrected chi connectivity index (χ0v) is 23.3. The first-order valence-corrected chi connectivity index (χ1v) is 13.1. The average Bonchev–Trinajstić information content (AvgIpc) is 3.15. The maximum absolute atomic E-state index is 16.1. The quantitative estimate of drug-likeness (QED) is 0.208. The largest absolute Gasteiger partial charge is 0.444 e. The maximum atomic E-state index is 16.1. The van der Waals surface area contributed by atoms with Crippen LogP contribution in [0.2, 0.25) is 0 Å². The predicted molar refractivity (Wildman–Crippen MR) is 141 cm³/mol. The molecular weight excluding hydrogens is 585 g/mol. The lowest BCUT2D eigenvalue weighted by molar-refractivity contribution is -0.137. The molecule has 5 rings (SSSR count). The number of nitrogens with two attached hydrogens (primary N) is 1. The second-order valence-corrected chi connectivity index (χ2v) is 11.5. The summed E-state index contributed by atoms with van der Waals surface area (Å²) in [4.78, 5) is 23.1. The van der Waals surface area contributed by atoms with Gasteiger partial charge < -0.3 is 15.4 Å². The molecule has 2 fully saturated rings. The molecule has 8 nitrogen and oxygen atoms in total. The summed E-state index contributed by atoms with van der Waals surface area (Å²) < 4.78 is 109. The zero-order valence-electron chi connectivity index (χ0n) is 23.3. The van der Waals surface area contributed by atoms with Crippen molar-refractivity contribution in [1.82, 2.24) is 14.9 Å². The number of anilines is 2. The first kappa shape index (κ1) is 30.1. The summed E-state index contributed by atoms with van der Waals surface area (Å²) >= 11 is 0. The van der Waals surface area contributed by atoms with Crippen LogP contribution in [-0.2, 0) is 10.9 Å². The molecule has 3 aromatic rings. The number of nitrogen functional groups attached to an aromatic ring is 1. The van der Waals surface area contributed by atoms with E-state index in [1.807, 2.05) is 0 Å². The van der Waals surface area contributed by atoms with Crippen LogP contribution in [0.15, 0.2) is 6.07 Å². The number of carbonyl (C=O) groups excluding carboxylic acids is 1. The molecule has 0 radical (unpaired) electrons. The number of alkyl halides is 3. The molecule has 2 aromatic carbocycles. The van der Waals surface area contributed by atoms with E-state index in [2.05, 4.69) is 9.97 Å². The smallest absolute Gasteiger partial charge is 0.417 e. The molecule has 0 saturated carbocycles. The summed E-state index contributed by atoms with van der Waals surface area (Å²) in [7, 11) is 0. The van der Waals surface area contributed by atoms with Gasteiger partial charge in [0.25, 0.3) is 0 Å². The molecule has 2 N–H and O–H groups in total. The molecule has 43 heavy (non-hydrogen) atoms. The Kier molecular flexibility index (Phi) is 7.10. The molecule has 1 amide bonds. The number of piperazine rings is 1. The zero-order chi connectivity index (χ0) is 31.8. The number of nitrogens with zero attached hydrogens (tertiary/aromatic N) is 5. The fourth-order valence-electron chi connectivity index (χ4n) is 5.90. The van der Waals surface area contributed by atoms with E-state index in [1.54, 1.807) is 25.7 Å². The minimum Gasteiger partial charge on any atom is -0.444 e. The van der Waals surface area contributed by atoms with E-state index in [0.717, 1.165) is 0 Å². The van der Waals surface area contributed by atoms with Crippen LogP contribution in [0.4, 0.5) is 47.0 Å². The van der Waals surface area contributed by atoms with Crippen LogP contribution < -0.4 is 10.6 Å². The first-order valence-electron chi connectivity index (χ1n) is 13.1. The third-order valence-electron chi connectivity index (χ3n) is 7.58. The summed E-state index contributed by atoms with van der Waals surface area (Å²) in [5.41, 5.74) is -3.81. The molecule has 0 unspecified atom stereocenters. The number of halogens is 7. The highest BCUT2D eigenvalue weighted by atomic mass is 19.4. The van der Waals surface area contributed by atoms with E-state index in [0.29, 0.717) is 25.8 Å². The Labute approximate surface area is 240 Å². The topological polar surface area (TPSA) is 108 Å². The van der Waals surface area contributed by atoms with Gasteiger partial charge in [0.2, 0.25) is 0 Å². The van der Waals surface area contributed by atoms with Gasteiger partial charge in [-0.3, -0.25) is 4.90 Å². The number of amides is 1. The third kappa shape index (κ3) is 5.02. The van der Waals surface area contributed by atoms with Gasteiger partial charge in [-0.2, -0.15) is 32.8 Å². The van der Waals surface area contributed by atoms with Gasteiger partial charge in [-0.1, -0.05) is 0 Å². The van der Waals surface area contributed by atoms with Crippen molar-refractivity contribution >= 4 is 28.5 Å². The molecule has 2 saturated heterocycles. The lowest BCUT2D eigenvalue weighted by Crippen LogP contribution is -2.57. The van der Waals surface area contributed by atoms with Crippen molar-refractivity contribution < 1.29 is 40.3 Å². The van der Waals surface area contributed by atoms with Crippen molar-refractivity contribution in [3.05, 3.63) is 46.3 Å². The molecular formula is C28H25F7N6O2. The molecule has 0 aliphatic carbocycles. The predicted octanol–water partition coefficient (Wildman–Crippen LogP) is 6.22. The Bertz CT molecular complexity index is 1700. The molecule has 0 spiro atoms. The normalized spacial score (nSPS) is 18.7. The molecule has 3 heterocycles. The monoisotopic (exact) mass is 610 g/mol. The summed E-state index contributed by atoms with van der Waals surface area (Å²) in [6.45, 7) is 6.05. The van der Waals surface area contributed by atoms with Gasteiger partial charge in [0.05, 0.1) is 34.5 Å². The second-order valence-electron chi connectivity index (χ2n) is 11.5. The molecule has 1 aromatic heterocycles. The highest BCUT2D eigenvalue weighted by Crippen LogP contribution is 2.47. The molecule has 2 aliphatic rings. The Hall–Kier alpha value is -4.35. The van der Waals surface area contributed by atoms with E-state index in [4.69, 9.17) is 10.5 Å². The number of hydrogen-bond acceptors (Lipinski definition) is 7. The number of ether oxygens (including phenoxy) is 1. The van der Waals surface area contributed by atoms with Crippen LogP contribution in [-0.4, -0.2) is 51.7 Å². The minimum atomic E-state index is -5.36. The summed E-state index contributed by atoms with van der Waals surface area (Å²) in [6, 6.07) is 1.16. The van der Waals surface area contributed by atoms with Gasteiger partial charge in [0.1, 0.15) is 28.8 Å². The summed E-state index contributed by atoms with van der Waals surface area (Å²) in [5.74, 6) is -5.09. The fraction of sp³-hybridized carbons (Fsp3) is 0.429. The van der Waals surface area contributed by atoms with E-state index in [1.165, 1.54) is 11.0 Å². The average molecular weight is 611 g/mol. The maximum Gasteiger partial charge on any atom is 0.417 e. The second kappa shape index (κ2) is 10.1. The van der Waals surface area contributed by atoms with Gasteiger partial charge in [-0.15, -0.1) is 0 Å². The van der Waals surface area contributed by atoms with Gasteiger partial charge in [0.15, 0.2) is 11.6 Å². The number of rotatable bonds is 2. The lowest BCUT2D eigenvalue weighted by atomic mass is 9.88. The van der Waals surface area contributed by atoms with Crippen molar-refractivity contribution in [2.45, 2.75) is 64.4 Å². The van der Waals surface area contributed by atoms with Crippen LogP contribution in [0.25, 0.3) is 22.0 Å². The van der Waals surface area contributed by atoms with Crippen molar-refractivity contribution in [1.29, 1.82) is 5.26 Å². The lowest BCUT2D eigenvalue weighted by Gasteiger charge is -2.42. The summed E-state index contributed by atoms with van der Waals surface area (Å²) in [6.07, 6.45) is -6.21. The van der Waals surface area contributed by atoms with Gasteiger partial charge >= 0.3 is 18.3 Å². The van der Waals surface area contributed by atoms with Crippen LogP contribution in [0.5, 0.6) is 0 Å². The van der Waals surface area contributed by atoms with E-state index in [9.17, 15) is 32.0 Å². The van der Waals surface area contributed by atoms with Crippen molar-refractivity contribution in [3.8, 4) is 17.2 Å². The van der Waals surface area contributed by atoms with E-state index >= 15 is 8.78 Å². The van der Waals surface area contributed by atoms with E-state index < -0.39 is 92.5 Å². The highest BCUT2D eigenvalue weighted by molar-refractivity contribution is 5.95. The highest BCUT2D eigenvalue weighted by Gasteiger charge is 2.46. The SMILES string of the molecule is Cc1c(F)c(N)c(C#N)c(-c2c(F)cc3c(N4C[C@H]5CC[C@@H](C4)N5C(=O)OC(C)(C)C)nc(F)nc3c2F)c1C(F)(F)F. The molecule has 2 atom stereocenters. The van der Waals surface area contributed by atoms with Crippen LogP contribution in [0.3, 0.4) is 0 Å². The van der Waals surface area contributed by atoms with Crippen molar-refractivity contribution in [2.24, 2.45) is 0 Å². The Balaban J connectivity index is 1.67. The van der Waals surface area contributed by atoms with Crippen molar-refractivity contribution in [2.75, 3.05) is 23.7 Å². The number of hydrogen-bond donors (Lipinski definition) is 1. The molecule has 228 valence electrons. The third-order valence-corrected chi connectivity index (χ3v) is 7.58. The van der Waals surface area contributed by atoms with Crippen LogP contribution in [0.1, 0.15) is 50.3 Å². The van der Waals surface area contributed by atoms with Crippen LogP contribution >= 0.6 is 0 Å². The molecule has 15 heteroatoms. The molecule has 2 aliphatic heterocycles. The van der Waals surface area contributed by atoms with Crippen molar-refractivity contribution in [3.63, 3.8) is 0 Å². The number of fused-ring (bicyclic) bond motifs is 3. The standard InChI is InChI=1S/C28H25F7N6O2/c1-11-19(28(33,34)35)17(15(8-36)22(37)20(11)30)18-16(29)7-14-23(21(18)31)38-25(32)39-24(14)40-9-12-5-6-13(10-40)41(12)26(42)43-27(2,3)4/h7,12-13H,5-6,9-10,37H2,1-4H3/t12-,13+. The summed E-state index contributed by atoms with van der Waals surface area (Å²) in [5, 5.41) is 9.20. The Morgan fingerprint density at radius 3 is 2.19 bits per heavy atom. The molecule has 2 bridgehead atoms. The van der Waals surface area contributed by atoms with Crippen LogP contribution in [0, 0.1) is 41.8 Å². The van der Waals surface area contributed by atoms with Gasteiger partial charge in [-0.25, -0.2) is 18.0 Å². The van der Waals surface area contributed by atoms with Gasteiger partial charge in [-0.05, 0) is 52.2 Å². The number of aromatic nitrogens is 2. The number of nitriles is 1. The Morgan fingerprint density at radius 2 is 1.65 bits per heavy atom. The number of benzene rings is 2. The first-order chi connectivity index (χ1) is 19.9. The van der Waals surface area contributed by atoms with E-state index in [-0.39, 0.29) is 24.3 Å². The minimum absolute atomic E-state index is 0.0940. The Morgan fingerprint density at radius 1 is 1.05 bits per heavy atom. The van der Waals surface area contributed by atoms with Gasteiger partial charge in [0, 0.05) is 24.0 Å². The fourth-order valence-corrected chi connectivity index (χ4v) is 5.90. The number of carbonyl (C=O) groups is 1.